The van der Waals surface area contributed by atoms with Gasteiger partial charge in [0.15, 0.2) is 0 Å². The van der Waals surface area contributed by atoms with Crippen molar-refractivity contribution in [3.8, 4) is 0 Å². The first-order valence-electron chi connectivity index (χ1n) is 4.47. The fourth-order valence-corrected chi connectivity index (χ4v) is 1.93. The third-order valence-corrected chi connectivity index (χ3v) is 2.63. The molecule has 2 rings (SSSR count). The van der Waals surface area contributed by atoms with Gasteiger partial charge in [-0.15, -0.1) is 0 Å². The van der Waals surface area contributed by atoms with E-state index < -0.39 is 0 Å². The molecule has 1 aliphatic rings. The Morgan fingerprint density at radius 1 is 1.58 bits per heavy atom. The van der Waals surface area contributed by atoms with Crippen LogP contribution >= 0.6 is 0 Å². The summed E-state index contributed by atoms with van der Waals surface area (Å²) in [5, 5.41) is 13.8. The van der Waals surface area contributed by atoms with E-state index in [1.165, 1.54) is 0 Å². The molecule has 1 fully saturated rings. The smallest absolute Gasteiger partial charge is 0.0781 e. The standard InChI is InChI=1S/C9H14N2O/c1-7-5-6-10-11(7)8-3-2-4-9(8)12/h5-6,8-9,12H,2-4H2,1H3/t8-,9-/m0/s1. The second kappa shape index (κ2) is 2.90. The maximum Gasteiger partial charge on any atom is 0.0781 e. The van der Waals surface area contributed by atoms with Crippen LogP contribution in [0.5, 0.6) is 0 Å². The van der Waals surface area contributed by atoms with Gasteiger partial charge in [0.25, 0.3) is 0 Å². The van der Waals surface area contributed by atoms with Gasteiger partial charge in [-0.3, -0.25) is 4.68 Å². The Labute approximate surface area is 72.0 Å². The maximum atomic E-state index is 9.62. The summed E-state index contributed by atoms with van der Waals surface area (Å²) < 4.78 is 1.94. The van der Waals surface area contributed by atoms with E-state index in [2.05, 4.69) is 5.10 Å². The second-order valence-corrected chi connectivity index (χ2v) is 3.48. The lowest BCUT2D eigenvalue weighted by Crippen LogP contribution is -2.20. The van der Waals surface area contributed by atoms with Gasteiger partial charge in [0.05, 0.1) is 12.1 Å². The van der Waals surface area contributed by atoms with Crippen molar-refractivity contribution in [2.45, 2.75) is 38.3 Å². The number of nitrogens with zero attached hydrogens (tertiary/aromatic N) is 2. The second-order valence-electron chi connectivity index (χ2n) is 3.48. The highest BCUT2D eigenvalue weighted by molar-refractivity contribution is 5.00. The Morgan fingerprint density at radius 2 is 2.42 bits per heavy atom. The van der Waals surface area contributed by atoms with Crippen molar-refractivity contribution < 1.29 is 5.11 Å². The Balaban J connectivity index is 2.24. The molecule has 2 atom stereocenters. The minimum absolute atomic E-state index is 0.191. The first-order valence-corrected chi connectivity index (χ1v) is 4.47. The minimum Gasteiger partial charge on any atom is -0.391 e. The van der Waals surface area contributed by atoms with Crippen LogP contribution in [0.2, 0.25) is 0 Å². The normalized spacial score (nSPS) is 29.5. The predicted molar refractivity (Wildman–Crippen MR) is 45.9 cm³/mol. The highest BCUT2D eigenvalue weighted by atomic mass is 16.3. The maximum absolute atomic E-state index is 9.62. The molecule has 1 aliphatic carbocycles. The fraction of sp³-hybridized carbons (Fsp3) is 0.667. The lowest BCUT2D eigenvalue weighted by molar-refractivity contribution is 0.129. The number of aromatic nitrogens is 2. The zero-order chi connectivity index (χ0) is 8.55. The van der Waals surface area contributed by atoms with Gasteiger partial charge < -0.3 is 5.11 Å². The lowest BCUT2D eigenvalue weighted by atomic mass is 10.2. The summed E-state index contributed by atoms with van der Waals surface area (Å²) in [6.45, 7) is 2.03. The van der Waals surface area contributed by atoms with Crippen molar-refractivity contribution in [2.75, 3.05) is 0 Å². The number of aliphatic hydroxyl groups excluding tert-OH is 1. The average molecular weight is 166 g/mol. The van der Waals surface area contributed by atoms with Gasteiger partial charge >= 0.3 is 0 Å². The molecule has 66 valence electrons. The topological polar surface area (TPSA) is 38.0 Å². The number of aryl methyl sites for hydroxylation is 1. The van der Waals surface area contributed by atoms with Crippen molar-refractivity contribution in [1.29, 1.82) is 0 Å². The van der Waals surface area contributed by atoms with Gasteiger partial charge in [0, 0.05) is 11.9 Å². The predicted octanol–water partition coefficient (Wildman–Crippen LogP) is 1.28. The molecule has 1 aromatic heterocycles. The number of hydrogen-bond acceptors (Lipinski definition) is 2. The summed E-state index contributed by atoms with van der Waals surface area (Å²) >= 11 is 0. The van der Waals surface area contributed by atoms with E-state index in [0.717, 1.165) is 25.0 Å². The summed E-state index contributed by atoms with van der Waals surface area (Å²) in [6.07, 6.45) is 4.70. The molecule has 12 heavy (non-hydrogen) atoms. The van der Waals surface area contributed by atoms with E-state index in [9.17, 15) is 5.11 Å². The summed E-state index contributed by atoms with van der Waals surface area (Å²) in [7, 11) is 0. The molecule has 3 heteroatoms. The molecule has 1 aromatic rings. The number of hydrogen-bond donors (Lipinski definition) is 1. The largest absolute Gasteiger partial charge is 0.391 e. The van der Waals surface area contributed by atoms with Crippen LogP contribution in [-0.2, 0) is 0 Å². The van der Waals surface area contributed by atoms with Crippen LogP contribution in [0.3, 0.4) is 0 Å². The summed E-state index contributed by atoms with van der Waals surface area (Å²) in [4.78, 5) is 0. The van der Waals surface area contributed by atoms with E-state index in [0.29, 0.717) is 0 Å². The molecule has 1 saturated carbocycles. The van der Waals surface area contributed by atoms with Crippen LogP contribution < -0.4 is 0 Å². The third kappa shape index (κ3) is 1.14. The van der Waals surface area contributed by atoms with Crippen molar-refractivity contribution in [3.05, 3.63) is 18.0 Å². The van der Waals surface area contributed by atoms with Crippen molar-refractivity contribution in [1.82, 2.24) is 9.78 Å². The number of aliphatic hydroxyl groups is 1. The molecule has 1 heterocycles. The van der Waals surface area contributed by atoms with E-state index >= 15 is 0 Å². The van der Waals surface area contributed by atoms with Gasteiger partial charge in [0.1, 0.15) is 0 Å². The third-order valence-electron chi connectivity index (χ3n) is 2.63. The van der Waals surface area contributed by atoms with E-state index in [-0.39, 0.29) is 12.1 Å². The average Bonchev–Trinajstić information content (AvgIpc) is 2.59. The first kappa shape index (κ1) is 7.80. The molecular formula is C9H14N2O. The SMILES string of the molecule is Cc1ccnn1[C@H]1CCC[C@@H]1O. The molecule has 0 radical (unpaired) electrons. The van der Waals surface area contributed by atoms with Gasteiger partial charge in [-0.25, -0.2) is 0 Å². The van der Waals surface area contributed by atoms with Crippen LogP contribution in [0.1, 0.15) is 31.0 Å². The van der Waals surface area contributed by atoms with E-state index in [1.807, 2.05) is 17.7 Å². The van der Waals surface area contributed by atoms with Crippen molar-refractivity contribution in [2.24, 2.45) is 0 Å². The molecule has 3 nitrogen and oxygen atoms in total. The summed E-state index contributed by atoms with van der Waals surface area (Å²) in [6, 6.07) is 2.20. The van der Waals surface area contributed by atoms with Crippen LogP contribution in [0.15, 0.2) is 12.3 Å². The highest BCUT2D eigenvalue weighted by Gasteiger charge is 2.27. The highest BCUT2D eigenvalue weighted by Crippen LogP contribution is 2.29. The monoisotopic (exact) mass is 166 g/mol. The number of rotatable bonds is 1. The van der Waals surface area contributed by atoms with Gasteiger partial charge in [-0.1, -0.05) is 0 Å². The molecule has 0 spiro atoms. The first-order chi connectivity index (χ1) is 5.79. The summed E-state index contributed by atoms with van der Waals surface area (Å²) in [5.74, 6) is 0. The molecule has 0 bridgehead atoms. The molecule has 0 amide bonds. The van der Waals surface area contributed by atoms with Crippen molar-refractivity contribution in [3.63, 3.8) is 0 Å². The fourth-order valence-electron chi connectivity index (χ4n) is 1.93. The molecular weight excluding hydrogens is 152 g/mol. The minimum atomic E-state index is -0.191. The van der Waals surface area contributed by atoms with Crippen molar-refractivity contribution >= 4 is 0 Å². The Morgan fingerprint density at radius 3 is 2.92 bits per heavy atom. The van der Waals surface area contributed by atoms with Gasteiger partial charge in [-0.05, 0) is 32.3 Å². The van der Waals surface area contributed by atoms with Gasteiger partial charge in [0.2, 0.25) is 0 Å². The van der Waals surface area contributed by atoms with E-state index in [4.69, 9.17) is 0 Å². The van der Waals surface area contributed by atoms with Crippen LogP contribution in [0.25, 0.3) is 0 Å². The molecule has 0 aliphatic heterocycles. The zero-order valence-electron chi connectivity index (χ0n) is 7.27. The molecule has 0 unspecified atom stereocenters. The van der Waals surface area contributed by atoms with E-state index in [1.54, 1.807) is 6.20 Å². The molecule has 1 N–H and O–H groups in total. The molecule has 0 aromatic carbocycles. The molecule has 0 saturated heterocycles. The Kier molecular flexibility index (Phi) is 1.89. The van der Waals surface area contributed by atoms with Gasteiger partial charge in [-0.2, -0.15) is 5.10 Å². The quantitative estimate of drug-likeness (QED) is 0.682. The lowest BCUT2D eigenvalue weighted by Gasteiger charge is -2.16. The van der Waals surface area contributed by atoms with Crippen LogP contribution in [0.4, 0.5) is 0 Å². The van der Waals surface area contributed by atoms with Crippen LogP contribution in [-0.4, -0.2) is 21.0 Å². The zero-order valence-corrected chi connectivity index (χ0v) is 7.27. The Hall–Kier alpha value is -0.830. The van der Waals surface area contributed by atoms with Crippen LogP contribution in [0, 0.1) is 6.92 Å². The summed E-state index contributed by atoms with van der Waals surface area (Å²) in [5.41, 5.74) is 1.14. The Bertz CT molecular complexity index is 269.